The van der Waals surface area contributed by atoms with Crippen LogP contribution in [-0.4, -0.2) is 15.1 Å². The summed E-state index contributed by atoms with van der Waals surface area (Å²) in [4.78, 5) is 7.96. The molecule has 1 aromatic heterocycles. The second kappa shape index (κ2) is 5.11. The molecule has 3 N–H and O–H groups in total. The third-order valence-corrected chi connectivity index (χ3v) is 2.42. The summed E-state index contributed by atoms with van der Waals surface area (Å²) in [5, 5.41) is 8.90. The highest BCUT2D eigenvalue weighted by Crippen LogP contribution is 2.21. The Morgan fingerprint density at radius 1 is 1.24 bits per heavy atom. The number of benzene rings is 1. The molecule has 0 unspecified atom stereocenters. The minimum absolute atomic E-state index is 0.000608. The predicted molar refractivity (Wildman–Crippen MR) is 66.6 cm³/mol. The molecule has 0 bridgehead atoms. The van der Waals surface area contributed by atoms with E-state index in [2.05, 4.69) is 25.9 Å². The molecule has 17 heavy (non-hydrogen) atoms. The maximum atomic E-state index is 8.90. The van der Waals surface area contributed by atoms with E-state index in [1.165, 1.54) is 0 Å². The van der Waals surface area contributed by atoms with E-state index < -0.39 is 0 Å². The third-order valence-electron chi connectivity index (χ3n) is 2.01. The van der Waals surface area contributed by atoms with E-state index >= 15 is 0 Å². The van der Waals surface area contributed by atoms with Gasteiger partial charge in [-0.05, 0) is 33.6 Å². The molecule has 0 saturated carbocycles. The number of hydrogen-bond acceptors (Lipinski definition) is 5. The second-order valence-electron chi connectivity index (χ2n) is 3.30. The summed E-state index contributed by atoms with van der Waals surface area (Å²) >= 11 is 3.20. The van der Waals surface area contributed by atoms with Crippen molar-refractivity contribution in [2.75, 3.05) is 5.73 Å². The van der Waals surface area contributed by atoms with Crippen LogP contribution in [0.25, 0.3) is 0 Å². The van der Waals surface area contributed by atoms with Gasteiger partial charge in [-0.25, -0.2) is 0 Å². The minimum atomic E-state index is 0.000608. The Morgan fingerprint density at radius 2 is 1.94 bits per heavy atom. The largest absolute Gasteiger partial charge is 0.424 e. The van der Waals surface area contributed by atoms with Crippen LogP contribution in [0.5, 0.6) is 11.8 Å². The molecule has 2 rings (SSSR count). The molecule has 0 aliphatic rings. The van der Waals surface area contributed by atoms with Gasteiger partial charge in [-0.1, -0.05) is 12.1 Å². The average Bonchev–Trinajstić information content (AvgIpc) is 2.28. The fraction of sp³-hybridized carbons (Fsp3) is 0.0909. The first kappa shape index (κ1) is 11.8. The van der Waals surface area contributed by atoms with Gasteiger partial charge in [0.15, 0.2) is 0 Å². The van der Waals surface area contributed by atoms with Crippen molar-refractivity contribution in [3.05, 3.63) is 40.5 Å². The van der Waals surface area contributed by atoms with E-state index in [1.54, 1.807) is 30.3 Å². The van der Waals surface area contributed by atoms with Crippen LogP contribution in [0.3, 0.4) is 0 Å². The van der Waals surface area contributed by atoms with Crippen molar-refractivity contribution in [2.45, 2.75) is 6.61 Å². The van der Waals surface area contributed by atoms with Gasteiger partial charge in [0.2, 0.25) is 0 Å². The summed E-state index contributed by atoms with van der Waals surface area (Å²) in [5.41, 5.74) is 6.38. The summed E-state index contributed by atoms with van der Waals surface area (Å²) in [5.74, 6) is 0.911. The van der Waals surface area contributed by atoms with Crippen molar-refractivity contribution in [1.29, 1.82) is 0 Å². The first-order chi connectivity index (χ1) is 8.17. The number of anilines is 1. The molecule has 0 atom stereocenters. The molecule has 0 aliphatic heterocycles. The van der Waals surface area contributed by atoms with Gasteiger partial charge in [0.1, 0.15) is 16.2 Å². The van der Waals surface area contributed by atoms with E-state index in [0.717, 1.165) is 5.56 Å². The zero-order valence-electron chi connectivity index (χ0n) is 8.80. The number of nitrogens with zero attached hydrogens (tertiary/aromatic N) is 2. The van der Waals surface area contributed by atoms with Crippen molar-refractivity contribution in [3.8, 4) is 11.8 Å². The lowest BCUT2D eigenvalue weighted by atomic mass is 10.2. The Kier molecular flexibility index (Phi) is 3.55. The first-order valence-electron chi connectivity index (χ1n) is 4.85. The minimum Gasteiger partial charge on any atom is -0.424 e. The highest BCUT2D eigenvalue weighted by Gasteiger charge is 2.03. The maximum Gasteiger partial charge on any atom is 0.325 e. The molecule has 0 saturated heterocycles. The lowest BCUT2D eigenvalue weighted by molar-refractivity contribution is 0.281. The number of ether oxygens (including phenoxy) is 1. The Morgan fingerprint density at radius 3 is 2.53 bits per heavy atom. The van der Waals surface area contributed by atoms with Crippen LogP contribution in [0.1, 0.15) is 5.56 Å². The fourth-order valence-electron chi connectivity index (χ4n) is 1.23. The van der Waals surface area contributed by atoms with Crippen LogP contribution in [0.15, 0.2) is 34.9 Å². The molecule has 2 aromatic rings. The molecule has 88 valence electrons. The van der Waals surface area contributed by atoms with Crippen molar-refractivity contribution in [1.82, 2.24) is 9.97 Å². The number of aliphatic hydroxyl groups excluding tert-OH is 1. The summed E-state index contributed by atoms with van der Waals surface area (Å²) in [6, 6.07) is 8.74. The van der Waals surface area contributed by atoms with Crippen molar-refractivity contribution in [3.63, 3.8) is 0 Å². The molecule has 0 radical (unpaired) electrons. The van der Waals surface area contributed by atoms with Gasteiger partial charge >= 0.3 is 6.01 Å². The molecule has 1 aromatic carbocycles. The second-order valence-corrected chi connectivity index (χ2v) is 4.11. The number of aliphatic hydroxyl groups is 1. The summed E-state index contributed by atoms with van der Waals surface area (Å²) in [6.45, 7) is 0.000608. The summed E-state index contributed by atoms with van der Waals surface area (Å²) in [7, 11) is 0. The summed E-state index contributed by atoms with van der Waals surface area (Å²) < 4.78 is 5.99. The highest BCUT2D eigenvalue weighted by molar-refractivity contribution is 9.10. The lowest BCUT2D eigenvalue weighted by Gasteiger charge is -2.05. The standard InChI is InChI=1S/C11H10BrN3O2/c12-9-5-10(13)15-11(14-9)17-8-3-1-7(6-16)2-4-8/h1-5,16H,6H2,(H2,13,14,15). The SMILES string of the molecule is Nc1cc(Br)nc(Oc2ccc(CO)cc2)n1. The van der Waals surface area contributed by atoms with Gasteiger partial charge in [0, 0.05) is 6.07 Å². The zero-order chi connectivity index (χ0) is 12.3. The third kappa shape index (κ3) is 3.15. The van der Waals surface area contributed by atoms with Crippen LogP contribution in [-0.2, 0) is 6.61 Å². The van der Waals surface area contributed by atoms with Crippen molar-refractivity contribution >= 4 is 21.7 Å². The van der Waals surface area contributed by atoms with Gasteiger partial charge in [-0.2, -0.15) is 9.97 Å². The van der Waals surface area contributed by atoms with Gasteiger partial charge < -0.3 is 15.6 Å². The van der Waals surface area contributed by atoms with E-state index in [4.69, 9.17) is 15.6 Å². The Bertz CT molecular complexity index is 496. The van der Waals surface area contributed by atoms with Crippen LogP contribution >= 0.6 is 15.9 Å². The topological polar surface area (TPSA) is 81.3 Å². The Labute approximate surface area is 106 Å². The maximum absolute atomic E-state index is 8.90. The van der Waals surface area contributed by atoms with Crippen molar-refractivity contribution < 1.29 is 9.84 Å². The molecule has 0 fully saturated rings. The van der Waals surface area contributed by atoms with Gasteiger partial charge in [-0.15, -0.1) is 0 Å². The molecule has 0 spiro atoms. The molecule has 6 heteroatoms. The number of hydrogen-bond donors (Lipinski definition) is 2. The van der Waals surface area contributed by atoms with Gasteiger partial charge in [0.05, 0.1) is 6.61 Å². The van der Waals surface area contributed by atoms with Crippen LogP contribution in [0, 0.1) is 0 Å². The molecule has 5 nitrogen and oxygen atoms in total. The molecular weight excluding hydrogens is 286 g/mol. The van der Waals surface area contributed by atoms with Crippen LogP contribution in [0.2, 0.25) is 0 Å². The fourth-order valence-corrected chi connectivity index (χ4v) is 1.61. The Hall–Kier alpha value is -1.66. The number of rotatable bonds is 3. The zero-order valence-corrected chi connectivity index (χ0v) is 10.4. The van der Waals surface area contributed by atoms with Gasteiger partial charge in [-0.3, -0.25) is 0 Å². The number of nitrogen functional groups attached to an aromatic ring is 1. The Balaban J connectivity index is 2.19. The molecule has 0 amide bonds. The van der Waals surface area contributed by atoms with Crippen molar-refractivity contribution in [2.24, 2.45) is 0 Å². The van der Waals surface area contributed by atoms with E-state index in [9.17, 15) is 0 Å². The number of nitrogens with two attached hydrogens (primary N) is 1. The van der Waals surface area contributed by atoms with E-state index in [-0.39, 0.29) is 12.6 Å². The molecule has 1 heterocycles. The highest BCUT2D eigenvalue weighted by atomic mass is 79.9. The molecule has 0 aliphatic carbocycles. The van der Waals surface area contributed by atoms with E-state index in [1.807, 2.05) is 0 Å². The number of halogens is 1. The predicted octanol–water partition coefficient (Wildman–Crippen LogP) is 2.11. The average molecular weight is 296 g/mol. The monoisotopic (exact) mass is 295 g/mol. The molecular formula is C11H10BrN3O2. The normalized spacial score (nSPS) is 10.2. The van der Waals surface area contributed by atoms with Crippen LogP contribution in [0.4, 0.5) is 5.82 Å². The first-order valence-corrected chi connectivity index (χ1v) is 5.64. The smallest absolute Gasteiger partial charge is 0.325 e. The number of aromatic nitrogens is 2. The van der Waals surface area contributed by atoms with Gasteiger partial charge in [0.25, 0.3) is 0 Å². The quantitative estimate of drug-likeness (QED) is 0.848. The summed E-state index contributed by atoms with van der Waals surface area (Å²) in [6.07, 6.45) is 0. The lowest BCUT2D eigenvalue weighted by Crippen LogP contribution is -1.97. The van der Waals surface area contributed by atoms with Crippen LogP contribution < -0.4 is 10.5 Å². The van der Waals surface area contributed by atoms with E-state index in [0.29, 0.717) is 16.2 Å².